The fourth-order valence-corrected chi connectivity index (χ4v) is 4.37. The van der Waals surface area contributed by atoms with Gasteiger partial charge in [-0.2, -0.15) is 9.81 Å². The van der Waals surface area contributed by atoms with Crippen LogP contribution >= 0.6 is 0 Å². The van der Waals surface area contributed by atoms with Gasteiger partial charge in [0.25, 0.3) is 0 Å². The van der Waals surface area contributed by atoms with Gasteiger partial charge < -0.3 is 4.57 Å². The van der Waals surface area contributed by atoms with Gasteiger partial charge in [0.2, 0.25) is 0 Å². The number of hydrogen-bond acceptors (Lipinski definition) is 5. The van der Waals surface area contributed by atoms with Gasteiger partial charge in [-0.25, -0.2) is 0 Å². The van der Waals surface area contributed by atoms with Crippen LogP contribution in [-0.4, -0.2) is 16.5 Å². The molecule has 0 aliphatic carbocycles. The van der Waals surface area contributed by atoms with Crippen molar-refractivity contribution >= 4 is 34.3 Å². The quantitative estimate of drug-likeness (QED) is 0.411. The highest BCUT2D eigenvalue weighted by Gasteiger charge is 2.36. The van der Waals surface area contributed by atoms with E-state index in [0.717, 1.165) is 33.1 Å². The molecule has 0 saturated heterocycles. The molecule has 4 aromatic rings. The SMILES string of the molecule is CC1(C)c2ccccc2-n2c3cnccc3c3cc(B(N=O)N=O)cc1c32. The first-order chi connectivity index (χ1) is 13.1. The summed E-state index contributed by atoms with van der Waals surface area (Å²) < 4.78 is 2.22. The first kappa shape index (κ1) is 15.9. The molecule has 0 unspecified atom stereocenters. The number of hydrogen-bond donors (Lipinski definition) is 0. The van der Waals surface area contributed by atoms with Crippen LogP contribution in [0.5, 0.6) is 0 Å². The maximum absolute atomic E-state index is 11.2. The van der Waals surface area contributed by atoms with Gasteiger partial charge in [-0.05, 0) is 28.7 Å². The average Bonchev–Trinajstić information content (AvgIpc) is 3.02. The van der Waals surface area contributed by atoms with Gasteiger partial charge in [0.15, 0.2) is 0 Å². The number of para-hydroxylation sites is 1. The first-order valence-electron chi connectivity index (χ1n) is 8.75. The lowest BCUT2D eigenvalue weighted by Crippen LogP contribution is -2.31. The molecule has 0 bridgehead atoms. The van der Waals surface area contributed by atoms with Crippen molar-refractivity contribution < 1.29 is 0 Å². The van der Waals surface area contributed by atoms with Gasteiger partial charge in [0.05, 0.1) is 22.9 Å². The zero-order valence-electron chi connectivity index (χ0n) is 14.9. The molecule has 3 heterocycles. The van der Waals surface area contributed by atoms with Gasteiger partial charge in [-0.3, -0.25) is 4.98 Å². The summed E-state index contributed by atoms with van der Waals surface area (Å²) in [5.74, 6) is 0. The van der Waals surface area contributed by atoms with Gasteiger partial charge in [-0.15, -0.1) is 0 Å². The Bertz CT molecular complexity index is 1250. The zero-order chi connectivity index (χ0) is 18.8. The number of aromatic nitrogens is 2. The molecular weight excluding hydrogens is 339 g/mol. The maximum atomic E-state index is 11.2. The molecule has 0 radical (unpaired) electrons. The molecule has 0 spiro atoms. The summed E-state index contributed by atoms with van der Waals surface area (Å²) >= 11 is 0. The van der Waals surface area contributed by atoms with Crippen molar-refractivity contribution in [1.82, 2.24) is 9.55 Å². The highest BCUT2D eigenvalue weighted by atomic mass is 16.3. The predicted octanol–water partition coefficient (Wildman–Crippen LogP) is 4.05. The Morgan fingerprint density at radius 3 is 2.56 bits per heavy atom. The number of nitroso groups, excluding NO2 is 2. The monoisotopic (exact) mass is 354 g/mol. The molecule has 0 fully saturated rings. The van der Waals surface area contributed by atoms with E-state index in [1.54, 1.807) is 6.20 Å². The Morgan fingerprint density at radius 2 is 1.78 bits per heavy atom. The number of fused-ring (bicyclic) bond motifs is 5. The normalized spacial score (nSPS) is 14.1. The predicted molar refractivity (Wildman–Crippen MR) is 108 cm³/mol. The van der Waals surface area contributed by atoms with Crippen LogP contribution in [0.1, 0.15) is 25.0 Å². The Hall–Kier alpha value is -3.35. The Morgan fingerprint density at radius 1 is 1.00 bits per heavy atom. The third-order valence-electron chi connectivity index (χ3n) is 5.68. The summed E-state index contributed by atoms with van der Waals surface area (Å²) in [6, 6.07) is 14.0. The fourth-order valence-electron chi connectivity index (χ4n) is 4.37. The van der Waals surface area contributed by atoms with E-state index in [-0.39, 0.29) is 5.41 Å². The summed E-state index contributed by atoms with van der Waals surface area (Å²) in [6.45, 7) is 3.06. The van der Waals surface area contributed by atoms with E-state index in [9.17, 15) is 9.81 Å². The molecule has 130 valence electrons. The second kappa shape index (κ2) is 5.33. The van der Waals surface area contributed by atoms with Crippen LogP contribution < -0.4 is 5.46 Å². The summed E-state index contributed by atoms with van der Waals surface area (Å²) in [5.41, 5.74) is 5.61. The molecule has 0 N–H and O–H groups in total. The van der Waals surface area contributed by atoms with E-state index in [1.165, 1.54) is 5.56 Å². The van der Waals surface area contributed by atoms with E-state index < -0.39 is 6.98 Å². The second-order valence-electron chi connectivity index (χ2n) is 7.42. The van der Waals surface area contributed by atoms with Crippen molar-refractivity contribution in [2.45, 2.75) is 19.3 Å². The van der Waals surface area contributed by atoms with Gasteiger partial charge in [0, 0.05) is 22.4 Å². The smallest absolute Gasteiger partial charge is 0.307 e. The minimum atomic E-state index is -1.25. The minimum Gasteiger partial charge on any atom is -0.307 e. The second-order valence-corrected chi connectivity index (χ2v) is 7.42. The zero-order valence-corrected chi connectivity index (χ0v) is 14.9. The number of pyridine rings is 1. The molecule has 1 aliphatic rings. The maximum Gasteiger partial charge on any atom is 0.548 e. The summed E-state index contributed by atoms with van der Waals surface area (Å²) in [5, 5.41) is 7.81. The highest BCUT2D eigenvalue weighted by molar-refractivity contribution is 6.70. The van der Waals surface area contributed by atoms with Crippen molar-refractivity contribution in [3.8, 4) is 5.69 Å². The van der Waals surface area contributed by atoms with E-state index >= 15 is 0 Å². The van der Waals surface area contributed by atoms with Crippen LogP contribution in [0.2, 0.25) is 0 Å². The minimum absolute atomic E-state index is 0.307. The summed E-state index contributed by atoms with van der Waals surface area (Å²) in [6.07, 6.45) is 3.60. The molecule has 0 saturated carbocycles. The first-order valence-corrected chi connectivity index (χ1v) is 8.75. The molecule has 6 nitrogen and oxygen atoms in total. The standard InChI is InChI=1S/C20H15BN4O2/c1-20(2)15-5-3-4-6-17(15)25-18-11-22-8-7-13(18)14-9-12(21(23-26)24-27)10-16(20)19(14)25/h3-11H,1-2H3. The Kier molecular flexibility index (Phi) is 3.13. The number of nitrogens with zero attached hydrogens (tertiary/aromatic N) is 4. The van der Waals surface area contributed by atoms with Gasteiger partial charge in [-0.1, -0.05) is 54.4 Å². The molecular formula is C20H15BN4O2. The molecule has 5 rings (SSSR count). The lowest BCUT2D eigenvalue weighted by Gasteiger charge is -2.35. The molecule has 0 amide bonds. The van der Waals surface area contributed by atoms with Crippen LogP contribution in [0.15, 0.2) is 65.0 Å². The van der Waals surface area contributed by atoms with Crippen LogP contribution in [-0.2, 0) is 5.41 Å². The number of rotatable bonds is 3. The summed E-state index contributed by atoms with van der Waals surface area (Å²) in [7, 11) is 0. The van der Waals surface area contributed by atoms with Crippen LogP contribution in [0.3, 0.4) is 0 Å². The molecule has 0 atom stereocenters. The number of benzene rings is 2. The highest BCUT2D eigenvalue weighted by Crippen LogP contribution is 2.46. The van der Waals surface area contributed by atoms with Crippen molar-refractivity contribution in [2.24, 2.45) is 10.2 Å². The fraction of sp³-hybridized carbons (Fsp3) is 0.150. The van der Waals surface area contributed by atoms with Crippen molar-refractivity contribution in [1.29, 1.82) is 0 Å². The topological polar surface area (TPSA) is 76.7 Å². The van der Waals surface area contributed by atoms with E-state index in [0.29, 0.717) is 5.46 Å². The third-order valence-corrected chi connectivity index (χ3v) is 5.68. The van der Waals surface area contributed by atoms with Crippen molar-refractivity contribution in [3.63, 3.8) is 0 Å². The summed E-state index contributed by atoms with van der Waals surface area (Å²) in [4.78, 5) is 26.6. The van der Waals surface area contributed by atoms with E-state index in [1.807, 2.05) is 36.5 Å². The van der Waals surface area contributed by atoms with E-state index in [4.69, 9.17) is 0 Å². The lowest BCUT2D eigenvalue weighted by atomic mass is 9.67. The third kappa shape index (κ3) is 1.94. The average molecular weight is 354 g/mol. The van der Waals surface area contributed by atoms with Crippen LogP contribution in [0.25, 0.3) is 27.5 Å². The lowest BCUT2D eigenvalue weighted by molar-refractivity contribution is 0.630. The van der Waals surface area contributed by atoms with Crippen LogP contribution in [0.4, 0.5) is 0 Å². The van der Waals surface area contributed by atoms with Gasteiger partial charge >= 0.3 is 6.98 Å². The van der Waals surface area contributed by atoms with Crippen LogP contribution in [0, 0.1) is 9.81 Å². The molecule has 7 heteroatoms. The van der Waals surface area contributed by atoms with Crippen molar-refractivity contribution in [3.05, 3.63) is 75.8 Å². The van der Waals surface area contributed by atoms with Crippen molar-refractivity contribution in [2.75, 3.05) is 0 Å². The van der Waals surface area contributed by atoms with Gasteiger partial charge in [0.1, 0.15) is 0 Å². The molecule has 2 aromatic heterocycles. The largest absolute Gasteiger partial charge is 0.548 e. The molecule has 2 aromatic carbocycles. The molecule has 1 aliphatic heterocycles. The Labute approximate surface area is 155 Å². The molecule has 27 heavy (non-hydrogen) atoms. The Balaban J connectivity index is 2.05. The van der Waals surface area contributed by atoms with E-state index in [2.05, 4.69) is 45.7 Å².